The van der Waals surface area contributed by atoms with Gasteiger partial charge in [0.2, 0.25) is 0 Å². The molecule has 0 N–H and O–H groups in total. The van der Waals surface area contributed by atoms with E-state index < -0.39 is 28.3 Å². The van der Waals surface area contributed by atoms with Crippen molar-refractivity contribution in [2.45, 2.75) is 18.1 Å². The lowest BCUT2D eigenvalue weighted by Crippen LogP contribution is -2.18. The van der Waals surface area contributed by atoms with Gasteiger partial charge in [0.25, 0.3) is 16.3 Å². The zero-order chi connectivity index (χ0) is 24.1. The van der Waals surface area contributed by atoms with Crippen LogP contribution in [0.3, 0.4) is 0 Å². The van der Waals surface area contributed by atoms with E-state index in [1.807, 2.05) is 6.92 Å². The second-order valence-electron chi connectivity index (χ2n) is 7.47. The number of carbonyl (C=O) groups is 2. The molecule has 34 heavy (non-hydrogen) atoms. The molecule has 7 nitrogen and oxygen atoms in total. The predicted molar refractivity (Wildman–Crippen MR) is 125 cm³/mol. The molecule has 4 rings (SSSR count). The molecular weight excluding hydrogens is 454 g/mol. The molecule has 0 atom stereocenters. The van der Waals surface area contributed by atoms with Crippen molar-refractivity contribution < 1.29 is 27.5 Å². The number of ether oxygens (including phenoxy) is 2. The molecule has 0 amide bonds. The molecular formula is C26H21NO6S. The number of benzene rings is 3. The van der Waals surface area contributed by atoms with E-state index in [4.69, 9.17) is 9.47 Å². The van der Waals surface area contributed by atoms with Crippen molar-refractivity contribution in [3.63, 3.8) is 0 Å². The fourth-order valence-electron chi connectivity index (χ4n) is 3.15. The second-order valence-corrected chi connectivity index (χ2v) is 9.31. The third-order valence-corrected chi connectivity index (χ3v) is 6.66. The van der Waals surface area contributed by atoms with Crippen molar-refractivity contribution in [3.05, 3.63) is 126 Å². The quantitative estimate of drug-likeness (QED) is 0.283. The summed E-state index contributed by atoms with van der Waals surface area (Å²) in [6, 6.07) is 24.3. The largest absolute Gasteiger partial charge is 0.417 e. The molecule has 0 spiro atoms. The van der Waals surface area contributed by atoms with E-state index in [9.17, 15) is 18.0 Å². The van der Waals surface area contributed by atoms with E-state index in [0.717, 1.165) is 9.54 Å². The van der Waals surface area contributed by atoms with Crippen LogP contribution in [0, 0.1) is 6.92 Å². The first-order valence-corrected chi connectivity index (χ1v) is 11.8. The fraction of sp³-hybridized carbons (Fsp3) is 0.0769. The molecule has 0 fully saturated rings. The maximum absolute atomic E-state index is 13.0. The molecule has 0 aliphatic heterocycles. The van der Waals surface area contributed by atoms with Gasteiger partial charge in [-0.2, -0.15) is 0 Å². The average Bonchev–Trinajstić information content (AvgIpc) is 3.36. The minimum Gasteiger partial charge on any atom is -0.417 e. The molecule has 3 aromatic carbocycles. The van der Waals surface area contributed by atoms with Gasteiger partial charge in [-0.05, 0) is 49.4 Å². The van der Waals surface area contributed by atoms with Gasteiger partial charge in [0.1, 0.15) is 0 Å². The summed E-state index contributed by atoms with van der Waals surface area (Å²) >= 11 is 0. The van der Waals surface area contributed by atoms with Gasteiger partial charge in [-0.1, -0.05) is 54.1 Å². The molecule has 172 valence electrons. The van der Waals surface area contributed by atoms with E-state index in [2.05, 4.69) is 0 Å². The zero-order valence-electron chi connectivity index (χ0n) is 18.2. The first kappa shape index (κ1) is 23.0. The number of nitrogens with zero attached hydrogens (tertiary/aromatic N) is 1. The number of aryl methyl sites for hydroxylation is 1. The highest BCUT2D eigenvalue weighted by Crippen LogP contribution is 2.25. The summed E-state index contributed by atoms with van der Waals surface area (Å²) in [5, 5.41) is 0. The van der Waals surface area contributed by atoms with E-state index in [-0.39, 0.29) is 21.6 Å². The van der Waals surface area contributed by atoms with Gasteiger partial charge in [0.05, 0.1) is 21.6 Å². The van der Waals surface area contributed by atoms with Crippen LogP contribution in [-0.2, 0) is 19.5 Å². The summed E-state index contributed by atoms with van der Waals surface area (Å²) in [5.41, 5.74) is 1.63. The topological polar surface area (TPSA) is 91.7 Å². The van der Waals surface area contributed by atoms with Gasteiger partial charge in [-0.3, -0.25) is 0 Å². The summed E-state index contributed by atoms with van der Waals surface area (Å²) < 4.78 is 38.0. The van der Waals surface area contributed by atoms with Crippen molar-refractivity contribution in [3.8, 4) is 0 Å². The van der Waals surface area contributed by atoms with Crippen molar-refractivity contribution in [1.29, 1.82) is 0 Å². The number of esters is 2. The third-order valence-electron chi connectivity index (χ3n) is 5.01. The van der Waals surface area contributed by atoms with Crippen LogP contribution in [0.2, 0.25) is 0 Å². The highest BCUT2D eigenvalue weighted by Gasteiger charge is 2.26. The summed E-state index contributed by atoms with van der Waals surface area (Å²) in [6.07, 6.45) is 1.11. The zero-order valence-corrected chi connectivity index (χ0v) is 19.0. The Hall–Kier alpha value is -4.17. The Balaban J connectivity index is 1.64. The summed E-state index contributed by atoms with van der Waals surface area (Å²) in [6.45, 7) is 1.86. The number of hydrogen-bond acceptors (Lipinski definition) is 6. The van der Waals surface area contributed by atoms with Crippen LogP contribution in [0.1, 0.15) is 38.1 Å². The lowest BCUT2D eigenvalue weighted by molar-refractivity contribution is -0.0822. The van der Waals surface area contributed by atoms with Crippen molar-refractivity contribution in [1.82, 2.24) is 3.97 Å². The SMILES string of the molecule is Cc1ccc(S(=O)(=O)n2ccc(C(OC(=O)c3ccccc3)OC(=O)c3ccccc3)c2)cc1. The van der Waals surface area contributed by atoms with E-state index >= 15 is 0 Å². The lowest BCUT2D eigenvalue weighted by Gasteiger charge is -2.17. The number of hydrogen-bond donors (Lipinski definition) is 0. The van der Waals surface area contributed by atoms with Gasteiger partial charge in [-0.25, -0.2) is 22.0 Å². The van der Waals surface area contributed by atoms with Crippen LogP contribution >= 0.6 is 0 Å². The second kappa shape index (κ2) is 9.76. The Morgan fingerprint density at radius 3 is 1.74 bits per heavy atom. The van der Waals surface area contributed by atoms with Crippen LogP contribution in [-0.4, -0.2) is 24.3 Å². The van der Waals surface area contributed by atoms with Crippen molar-refractivity contribution in [2.24, 2.45) is 0 Å². The normalized spacial score (nSPS) is 11.2. The van der Waals surface area contributed by atoms with Gasteiger partial charge in [-0.15, -0.1) is 0 Å². The molecule has 1 heterocycles. The predicted octanol–water partition coefficient (Wildman–Crippen LogP) is 4.75. The Bertz CT molecular complexity index is 1340. The summed E-state index contributed by atoms with van der Waals surface area (Å²) in [7, 11) is -3.89. The molecule has 0 unspecified atom stereocenters. The number of rotatable bonds is 7. The van der Waals surface area contributed by atoms with Crippen LogP contribution < -0.4 is 0 Å². The Morgan fingerprint density at radius 1 is 0.735 bits per heavy atom. The maximum Gasteiger partial charge on any atom is 0.341 e. The van der Waals surface area contributed by atoms with Crippen LogP contribution in [0.5, 0.6) is 0 Å². The summed E-state index contributed by atoms with van der Waals surface area (Å²) in [4.78, 5) is 25.4. The van der Waals surface area contributed by atoms with Gasteiger partial charge in [0.15, 0.2) is 0 Å². The minimum atomic E-state index is -3.89. The minimum absolute atomic E-state index is 0.0966. The molecule has 4 aromatic rings. The number of carbonyl (C=O) groups excluding carboxylic acids is 2. The fourth-order valence-corrected chi connectivity index (χ4v) is 4.36. The van der Waals surface area contributed by atoms with Crippen LogP contribution in [0.25, 0.3) is 0 Å². The highest BCUT2D eigenvalue weighted by atomic mass is 32.2. The molecule has 0 radical (unpaired) electrons. The Morgan fingerprint density at radius 2 is 1.24 bits per heavy atom. The van der Waals surface area contributed by atoms with Gasteiger partial charge < -0.3 is 9.47 Å². The monoisotopic (exact) mass is 475 g/mol. The van der Waals surface area contributed by atoms with Crippen LogP contribution in [0.4, 0.5) is 0 Å². The Labute approximate surface area is 197 Å². The molecule has 8 heteroatoms. The summed E-state index contributed by atoms with van der Waals surface area (Å²) in [5.74, 6) is -1.44. The lowest BCUT2D eigenvalue weighted by atomic mass is 10.2. The van der Waals surface area contributed by atoms with Gasteiger partial charge in [0, 0.05) is 12.4 Å². The van der Waals surface area contributed by atoms with Gasteiger partial charge >= 0.3 is 11.9 Å². The maximum atomic E-state index is 13.0. The van der Waals surface area contributed by atoms with Crippen molar-refractivity contribution >= 4 is 22.0 Å². The average molecular weight is 476 g/mol. The first-order valence-electron chi connectivity index (χ1n) is 10.4. The molecule has 0 saturated carbocycles. The van der Waals surface area contributed by atoms with Crippen LogP contribution in [0.15, 0.2) is 108 Å². The third kappa shape index (κ3) is 5.07. The first-order chi connectivity index (χ1) is 16.3. The molecule has 0 aliphatic rings. The van der Waals surface area contributed by atoms with Crippen molar-refractivity contribution in [2.75, 3.05) is 0 Å². The number of aromatic nitrogens is 1. The molecule has 1 aromatic heterocycles. The molecule has 0 saturated heterocycles. The van der Waals surface area contributed by atoms with E-state index in [1.54, 1.807) is 72.8 Å². The molecule has 0 aliphatic carbocycles. The Kier molecular flexibility index (Phi) is 6.60. The van der Waals surface area contributed by atoms with E-state index in [0.29, 0.717) is 0 Å². The smallest absolute Gasteiger partial charge is 0.341 e. The van der Waals surface area contributed by atoms with E-state index in [1.165, 1.54) is 30.6 Å². The standard InChI is InChI=1S/C26H21NO6S/c1-19-12-14-23(15-13-19)34(30,31)27-17-16-22(18-27)26(32-24(28)20-8-4-2-5-9-20)33-25(29)21-10-6-3-7-11-21/h2-18,26H,1H3. The molecule has 0 bridgehead atoms. The highest BCUT2D eigenvalue weighted by molar-refractivity contribution is 7.90.